The van der Waals surface area contributed by atoms with Gasteiger partial charge in [-0.1, -0.05) is 23.6 Å². The number of nitrogens with one attached hydrogen (secondary N) is 1. The molecule has 0 unspecified atom stereocenters. The fourth-order valence-electron chi connectivity index (χ4n) is 4.50. The fourth-order valence-corrected chi connectivity index (χ4v) is 4.67. The number of anilines is 2. The minimum Gasteiger partial charge on any atom is -0.368 e. The largest absolute Gasteiger partial charge is 0.368 e. The molecule has 2 fully saturated rings. The van der Waals surface area contributed by atoms with Crippen molar-refractivity contribution in [2.75, 3.05) is 75.8 Å². The zero-order valence-corrected chi connectivity index (χ0v) is 19.9. The molecule has 0 saturated carbocycles. The lowest BCUT2D eigenvalue weighted by Gasteiger charge is -2.37. The predicted molar refractivity (Wildman–Crippen MR) is 133 cm³/mol. The van der Waals surface area contributed by atoms with Gasteiger partial charge >= 0.3 is 0 Å². The number of hydrogen-bond acceptors (Lipinski definition) is 7. The molecule has 2 aromatic heterocycles. The van der Waals surface area contributed by atoms with Gasteiger partial charge in [-0.2, -0.15) is 5.10 Å². The number of aryl methyl sites for hydroxylation is 1. The van der Waals surface area contributed by atoms with Crippen LogP contribution in [0.25, 0.3) is 11.0 Å². The minimum atomic E-state index is 0.664. The second-order valence-electron chi connectivity index (χ2n) is 8.78. The van der Waals surface area contributed by atoms with Crippen LogP contribution in [0.1, 0.15) is 11.3 Å². The van der Waals surface area contributed by atoms with E-state index in [4.69, 9.17) is 11.6 Å². The molecule has 2 aliphatic heterocycles. The molecule has 0 aliphatic carbocycles. The molecular formula is C24H29ClN8. The smallest absolute Gasteiger partial charge is 0.187 e. The molecular weight excluding hydrogens is 436 g/mol. The van der Waals surface area contributed by atoms with Crippen molar-refractivity contribution in [1.29, 1.82) is 0 Å². The summed E-state index contributed by atoms with van der Waals surface area (Å²) in [5.41, 5.74) is 3.90. The van der Waals surface area contributed by atoms with Crippen LogP contribution in [-0.4, -0.2) is 95.9 Å². The summed E-state index contributed by atoms with van der Waals surface area (Å²) in [6.07, 6.45) is 1.59. The maximum Gasteiger partial charge on any atom is 0.187 e. The van der Waals surface area contributed by atoms with E-state index in [1.54, 1.807) is 6.33 Å². The summed E-state index contributed by atoms with van der Waals surface area (Å²) in [6, 6.07) is 6.08. The molecule has 3 aromatic rings. The molecule has 172 valence electrons. The summed E-state index contributed by atoms with van der Waals surface area (Å²) >= 11 is 6.25. The van der Waals surface area contributed by atoms with Crippen LogP contribution in [0.3, 0.4) is 0 Å². The van der Waals surface area contributed by atoms with Gasteiger partial charge in [0.1, 0.15) is 17.8 Å². The van der Waals surface area contributed by atoms with Crippen molar-refractivity contribution in [1.82, 2.24) is 30.0 Å². The number of fused-ring (bicyclic) bond motifs is 1. The summed E-state index contributed by atoms with van der Waals surface area (Å²) in [5, 5.41) is 9.15. The lowest BCUT2D eigenvalue weighted by atomic mass is 10.1. The second-order valence-corrected chi connectivity index (χ2v) is 9.22. The average molecular weight is 465 g/mol. The lowest BCUT2D eigenvalue weighted by Crippen LogP contribution is -2.47. The van der Waals surface area contributed by atoms with Crippen LogP contribution in [0.15, 0.2) is 24.5 Å². The number of halogens is 1. The van der Waals surface area contributed by atoms with E-state index >= 15 is 0 Å². The molecule has 0 spiro atoms. The molecule has 2 saturated heterocycles. The van der Waals surface area contributed by atoms with E-state index in [-0.39, 0.29) is 0 Å². The van der Waals surface area contributed by atoms with E-state index in [1.807, 2.05) is 6.07 Å². The minimum absolute atomic E-state index is 0.664. The van der Waals surface area contributed by atoms with E-state index in [0.717, 1.165) is 80.8 Å². The molecule has 9 heteroatoms. The Kier molecular flexibility index (Phi) is 6.36. The number of piperazine rings is 2. The molecule has 1 aromatic carbocycles. The van der Waals surface area contributed by atoms with Gasteiger partial charge in [-0.05, 0) is 37.6 Å². The average Bonchev–Trinajstić information content (AvgIpc) is 3.25. The van der Waals surface area contributed by atoms with Gasteiger partial charge in [0.05, 0.1) is 11.9 Å². The molecule has 0 amide bonds. The van der Waals surface area contributed by atoms with Crippen molar-refractivity contribution >= 4 is 34.1 Å². The third kappa shape index (κ3) is 4.76. The fraction of sp³-hybridized carbons (Fsp3) is 0.458. The van der Waals surface area contributed by atoms with Crippen molar-refractivity contribution in [3.05, 3.63) is 40.8 Å². The third-order valence-electron chi connectivity index (χ3n) is 6.53. The topological polar surface area (TPSA) is 67.4 Å². The molecule has 1 N–H and O–H groups in total. The molecule has 2 aliphatic rings. The zero-order valence-electron chi connectivity index (χ0n) is 19.2. The Labute approximate surface area is 199 Å². The molecule has 0 atom stereocenters. The van der Waals surface area contributed by atoms with Gasteiger partial charge in [0.25, 0.3) is 0 Å². The lowest BCUT2D eigenvalue weighted by molar-refractivity contribution is 0.168. The van der Waals surface area contributed by atoms with Crippen LogP contribution in [-0.2, 0) is 0 Å². The second kappa shape index (κ2) is 9.56. The number of nitrogens with zero attached hydrogens (tertiary/aromatic N) is 7. The maximum atomic E-state index is 6.25. The Morgan fingerprint density at radius 3 is 2.55 bits per heavy atom. The Bertz CT molecular complexity index is 1180. The number of H-pyrrole nitrogens is 1. The summed E-state index contributed by atoms with van der Waals surface area (Å²) in [4.78, 5) is 18.4. The highest BCUT2D eigenvalue weighted by atomic mass is 35.5. The van der Waals surface area contributed by atoms with Crippen molar-refractivity contribution in [3.8, 4) is 11.8 Å². The first kappa shape index (κ1) is 22.0. The maximum absolute atomic E-state index is 6.25. The van der Waals surface area contributed by atoms with Gasteiger partial charge in [-0.25, -0.2) is 9.97 Å². The standard InChI is InChI=1S/C24H29ClN8/c1-18-5-6-19(25)16-21(18)32-12-14-33(15-13-32)24-22-20(28-29-23(22)26-17-27-24)4-3-7-31-10-8-30(2)9-11-31/h5-6,16-17H,7-15H2,1-2H3,(H,26,27,28,29). The zero-order chi connectivity index (χ0) is 22.8. The molecule has 4 heterocycles. The van der Waals surface area contributed by atoms with Crippen molar-refractivity contribution in [2.24, 2.45) is 0 Å². The molecule has 33 heavy (non-hydrogen) atoms. The van der Waals surface area contributed by atoms with E-state index in [9.17, 15) is 0 Å². The normalized spacial score (nSPS) is 17.9. The SMILES string of the molecule is Cc1ccc(Cl)cc1N1CCN(c2ncnc3n[nH]c(C#CCN4CCN(C)CC4)c23)CC1. The van der Waals surface area contributed by atoms with Crippen LogP contribution in [0.4, 0.5) is 11.5 Å². The van der Waals surface area contributed by atoms with Crippen molar-refractivity contribution in [3.63, 3.8) is 0 Å². The Morgan fingerprint density at radius 1 is 1.00 bits per heavy atom. The highest BCUT2D eigenvalue weighted by Crippen LogP contribution is 2.29. The molecule has 5 rings (SSSR count). The van der Waals surface area contributed by atoms with Crippen LogP contribution in [0.5, 0.6) is 0 Å². The van der Waals surface area contributed by atoms with Crippen molar-refractivity contribution in [2.45, 2.75) is 6.92 Å². The van der Waals surface area contributed by atoms with E-state index < -0.39 is 0 Å². The predicted octanol–water partition coefficient (Wildman–Crippen LogP) is 2.24. The van der Waals surface area contributed by atoms with Crippen LogP contribution < -0.4 is 9.80 Å². The summed E-state index contributed by atoms with van der Waals surface area (Å²) in [5.74, 6) is 7.53. The molecule has 0 radical (unpaired) electrons. The molecule has 8 nitrogen and oxygen atoms in total. The molecule has 0 bridgehead atoms. The third-order valence-corrected chi connectivity index (χ3v) is 6.77. The highest BCUT2D eigenvalue weighted by molar-refractivity contribution is 6.30. The number of benzene rings is 1. The van der Waals surface area contributed by atoms with E-state index in [2.05, 4.69) is 77.7 Å². The summed E-state index contributed by atoms with van der Waals surface area (Å²) < 4.78 is 0. The van der Waals surface area contributed by atoms with Gasteiger partial charge in [0.2, 0.25) is 0 Å². The number of hydrogen-bond donors (Lipinski definition) is 1. The van der Waals surface area contributed by atoms with Gasteiger partial charge in [-0.3, -0.25) is 10.00 Å². The van der Waals surface area contributed by atoms with Crippen LogP contribution >= 0.6 is 11.6 Å². The first-order chi connectivity index (χ1) is 16.1. The first-order valence-corrected chi connectivity index (χ1v) is 11.8. The van der Waals surface area contributed by atoms with E-state index in [1.165, 1.54) is 11.3 Å². The van der Waals surface area contributed by atoms with Gasteiger partial charge < -0.3 is 14.7 Å². The number of rotatable bonds is 3. The van der Waals surface area contributed by atoms with Crippen LogP contribution in [0.2, 0.25) is 5.02 Å². The number of aromatic nitrogens is 4. The van der Waals surface area contributed by atoms with E-state index in [0.29, 0.717) is 5.65 Å². The Morgan fingerprint density at radius 2 is 1.76 bits per heavy atom. The Hall–Kier alpha value is -2.86. The van der Waals surface area contributed by atoms with Crippen LogP contribution in [0, 0.1) is 18.8 Å². The monoisotopic (exact) mass is 464 g/mol. The van der Waals surface area contributed by atoms with Gasteiger partial charge in [0, 0.05) is 63.1 Å². The quantitative estimate of drug-likeness (QED) is 0.596. The summed E-state index contributed by atoms with van der Waals surface area (Å²) in [7, 11) is 2.16. The van der Waals surface area contributed by atoms with Crippen molar-refractivity contribution < 1.29 is 0 Å². The first-order valence-electron chi connectivity index (χ1n) is 11.4. The Balaban J connectivity index is 1.32. The highest BCUT2D eigenvalue weighted by Gasteiger charge is 2.23. The number of aromatic amines is 1. The van der Waals surface area contributed by atoms with Gasteiger partial charge in [-0.15, -0.1) is 0 Å². The number of likely N-dealkylation sites (N-methyl/N-ethyl adjacent to an activating group) is 1. The van der Waals surface area contributed by atoms with Gasteiger partial charge in [0.15, 0.2) is 5.65 Å². The summed E-state index contributed by atoms with van der Waals surface area (Å²) in [6.45, 7) is 10.7.